The van der Waals surface area contributed by atoms with E-state index in [4.69, 9.17) is 4.74 Å². The Hall–Kier alpha value is -3.48. The van der Waals surface area contributed by atoms with Crippen LogP contribution in [-0.2, 0) is 14.3 Å². The molecule has 0 bridgehead atoms. The number of amides is 2. The molecule has 0 radical (unpaired) electrons. The number of hydrogen-bond acceptors (Lipinski definition) is 4. The number of nitrogens with zero attached hydrogens (tertiary/aromatic N) is 1. The van der Waals surface area contributed by atoms with Crippen LogP contribution in [0.2, 0.25) is 0 Å². The van der Waals surface area contributed by atoms with Crippen LogP contribution in [0.1, 0.15) is 23.5 Å². The van der Waals surface area contributed by atoms with E-state index in [9.17, 15) is 9.59 Å². The van der Waals surface area contributed by atoms with Crippen molar-refractivity contribution in [3.63, 3.8) is 0 Å². The summed E-state index contributed by atoms with van der Waals surface area (Å²) >= 11 is 0. The Kier molecular flexibility index (Phi) is 7.85. The van der Waals surface area contributed by atoms with Gasteiger partial charge in [0.15, 0.2) is 0 Å². The average molecular weight is 444 g/mol. The summed E-state index contributed by atoms with van der Waals surface area (Å²) in [7, 11) is 0. The van der Waals surface area contributed by atoms with Gasteiger partial charge in [0.05, 0.1) is 19.8 Å². The van der Waals surface area contributed by atoms with Crippen molar-refractivity contribution in [3.8, 4) is 0 Å². The molecular weight excluding hydrogens is 414 g/mol. The van der Waals surface area contributed by atoms with E-state index in [0.717, 1.165) is 24.2 Å². The van der Waals surface area contributed by atoms with Crippen LogP contribution >= 0.6 is 0 Å². The van der Waals surface area contributed by atoms with E-state index in [0.29, 0.717) is 37.6 Å². The standard InChI is InChI=1S/C27H29N3O3/c31-26(19-25(21-7-3-1-4-8-21)22-9-5-2-6-10-22)28-23-11-13-24(14-12-23)29-27(32)20-30-15-17-33-18-16-30/h1-14,25H,15-20H2,(H,28,31)(H,29,32). The normalized spacial score (nSPS) is 14.1. The second-order valence-corrected chi connectivity index (χ2v) is 8.14. The Morgan fingerprint density at radius 1 is 0.727 bits per heavy atom. The third-order valence-electron chi connectivity index (χ3n) is 5.72. The number of nitrogens with one attached hydrogen (secondary N) is 2. The number of carbonyl (C=O) groups is 2. The topological polar surface area (TPSA) is 70.7 Å². The Balaban J connectivity index is 1.34. The summed E-state index contributed by atoms with van der Waals surface area (Å²) in [4.78, 5) is 27.2. The van der Waals surface area contributed by atoms with Crippen molar-refractivity contribution in [1.82, 2.24) is 4.90 Å². The molecular formula is C27H29N3O3. The zero-order valence-corrected chi connectivity index (χ0v) is 18.6. The summed E-state index contributed by atoms with van der Waals surface area (Å²) in [5.74, 6) is -0.134. The Labute approximate surface area is 194 Å². The van der Waals surface area contributed by atoms with Gasteiger partial charge < -0.3 is 15.4 Å². The molecule has 6 nitrogen and oxygen atoms in total. The van der Waals surface area contributed by atoms with Gasteiger partial charge in [0, 0.05) is 36.8 Å². The second kappa shape index (κ2) is 11.4. The number of rotatable bonds is 8. The number of carbonyl (C=O) groups excluding carboxylic acids is 2. The second-order valence-electron chi connectivity index (χ2n) is 8.14. The molecule has 1 heterocycles. The first kappa shape index (κ1) is 22.7. The van der Waals surface area contributed by atoms with Crippen LogP contribution in [0.4, 0.5) is 11.4 Å². The van der Waals surface area contributed by atoms with Crippen LogP contribution in [0.3, 0.4) is 0 Å². The third kappa shape index (κ3) is 6.75. The molecule has 0 spiro atoms. The summed E-state index contributed by atoms with van der Waals surface area (Å²) in [5.41, 5.74) is 3.62. The van der Waals surface area contributed by atoms with Gasteiger partial charge >= 0.3 is 0 Å². The molecule has 0 saturated carbocycles. The van der Waals surface area contributed by atoms with Gasteiger partial charge in [0.25, 0.3) is 0 Å². The van der Waals surface area contributed by atoms with E-state index < -0.39 is 0 Å². The summed E-state index contributed by atoms with van der Waals surface area (Å²) in [6.07, 6.45) is 0.339. The largest absolute Gasteiger partial charge is 0.379 e. The molecule has 0 aromatic heterocycles. The molecule has 3 aromatic rings. The lowest BCUT2D eigenvalue weighted by Crippen LogP contribution is -2.41. The molecule has 4 rings (SSSR count). The Morgan fingerprint density at radius 3 is 1.73 bits per heavy atom. The molecule has 2 N–H and O–H groups in total. The van der Waals surface area contributed by atoms with Crippen LogP contribution in [-0.4, -0.2) is 49.6 Å². The number of benzene rings is 3. The summed E-state index contributed by atoms with van der Waals surface area (Å²) in [6, 6.07) is 27.4. The predicted octanol–water partition coefficient (Wildman–Crippen LogP) is 4.12. The lowest BCUT2D eigenvalue weighted by molar-refractivity contribution is -0.118. The van der Waals surface area contributed by atoms with Crippen LogP contribution in [0, 0.1) is 0 Å². The van der Waals surface area contributed by atoms with Crippen LogP contribution in [0.25, 0.3) is 0 Å². The highest BCUT2D eigenvalue weighted by Gasteiger charge is 2.18. The highest BCUT2D eigenvalue weighted by atomic mass is 16.5. The van der Waals surface area contributed by atoms with Crippen LogP contribution in [0.5, 0.6) is 0 Å². The van der Waals surface area contributed by atoms with Crippen molar-refractivity contribution in [1.29, 1.82) is 0 Å². The quantitative estimate of drug-likeness (QED) is 0.550. The molecule has 33 heavy (non-hydrogen) atoms. The van der Waals surface area contributed by atoms with Gasteiger partial charge in [-0.2, -0.15) is 0 Å². The fourth-order valence-electron chi connectivity index (χ4n) is 4.00. The molecule has 2 amide bonds. The highest BCUT2D eigenvalue weighted by Crippen LogP contribution is 2.28. The smallest absolute Gasteiger partial charge is 0.238 e. The van der Waals surface area contributed by atoms with Crippen molar-refractivity contribution in [2.24, 2.45) is 0 Å². The maximum atomic E-state index is 12.9. The molecule has 0 aliphatic carbocycles. The maximum absolute atomic E-state index is 12.9. The molecule has 0 atom stereocenters. The maximum Gasteiger partial charge on any atom is 0.238 e. The minimum Gasteiger partial charge on any atom is -0.379 e. The van der Waals surface area contributed by atoms with Crippen LogP contribution in [0.15, 0.2) is 84.9 Å². The molecule has 1 fully saturated rings. The van der Waals surface area contributed by atoms with E-state index in [1.165, 1.54) is 0 Å². The zero-order chi connectivity index (χ0) is 22.9. The van der Waals surface area contributed by atoms with E-state index in [-0.39, 0.29) is 17.7 Å². The van der Waals surface area contributed by atoms with E-state index in [1.54, 1.807) is 12.1 Å². The first-order valence-electron chi connectivity index (χ1n) is 11.3. The Morgan fingerprint density at radius 2 is 1.21 bits per heavy atom. The molecule has 1 aliphatic heterocycles. The van der Waals surface area contributed by atoms with Crippen molar-refractivity contribution in [3.05, 3.63) is 96.1 Å². The fourth-order valence-corrected chi connectivity index (χ4v) is 4.00. The van der Waals surface area contributed by atoms with E-state index in [2.05, 4.69) is 39.8 Å². The van der Waals surface area contributed by atoms with Gasteiger partial charge in [-0.15, -0.1) is 0 Å². The summed E-state index contributed by atoms with van der Waals surface area (Å²) < 4.78 is 5.31. The summed E-state index contributed by atoms with van der Waals surface area (Å²) in [6.45, 7) is 3.22. The van der Waals surface area contributed by atoms with Gasteiger partial charge in [-0.1, -0.05) is 60.7 Å². The SMILES string of the molecule is O=C(CC(c1ccccc1)c1ccccc1)Nc1ccc(NC(=O)CN2CCOCC2)cc1. The minimum atomic E-state index is -0.0585. The molecule has 6 heteroatoms. The molecule has 0 unspecified atom stereocenters. The average Bonchev–Trinajstić information content (AvgIpc) is 2.85. The number of ether oxygens (including phenoxy) is 1. The number of anilines is 2. The zero-order valence-electron chi connectivity index (χ0n) is 18.6. The number of morpholine rings is 1. The van der Waals surface area contributed by atoms with E-state index in [1.807, 2.05) is 48.5 Å². The van der Waals surface area contributed by atoms with Crippen LogP contribution < -0.4 is 10.6 Å². The first-order valence-corrected chi connectivity index (χ1v) is 11.3. The lowest BCUT2D eigenvalue weighted by atomic mass is 9.88. The highest BCUT2D eigenvalue weighted by molar-refractivity contribution is 5.94. The Bertz CT molecular complexity index is 994. The summed E-state index contributed by atoms with van der Waals surface area (Å²) in [5, 5.41) is 5.90. The van der Waals surface area contributed by atoms with Crippen molar-refractivity contribution in [2.75, 3.05) is 43.5 Å². The van der Waals surface area contributed by atoms with Crippen molar-refractivity contribution < 1.29 is 14.3 Å². The first-order chi connectivity index (χ1) is 16.2. The van der Waals surface area contributed by atoms with Gasteiger partial charge in [-0.05, 0) is 35.4 Å². The molecule has 1 saturated heterocycles. The predicted molar refractivity (Wildman–Crippen MR) is 130 cm³/mol. The van der Waals surface area contributed by atoms with Gasteiger partial charge in [-0.3, -0.25) is 14.5 Å². The third-order valence-corrected chi connectivity index (χ3v) is 5.72. The van der Waals surface area contributed by atoms with E-state index >= 15 is 0 Å². The van der Waals surface area contributed by atoms with Gasteiger partial charge in [-0.25, -0.2) is 0 Å². The van der Waals surface area contributed by atoms with Crippen molar-refractivity contribution >= 4 is 23.2 Å². The molecule has 170 valence electrons. The fraction of sp³-hybridized carbons (Fsp3) is 0.259. The van der Waals surface area contributed by atoms with Gasteiger partial charge in [0.2, 0.25) is 11.8 Å². The minimum absolute atomic E-state index is 0.0221. The molecule has 3 aromatic carbocycles. The van der Waals surface area contributed by atoms with Crippen molar-refractivity contribution in [2.45, 2.75) is 12.3 Å². The number of hydrogen-bond donors (Lipinski definition) is 2. The molecule has 1 aliphatic rings. The lowest BCUT2D eigenvalue weighted by Gasteiger charge is -2.25. The monoisotopic (exact) mass is 443 g/mol. The van der Waals surface area contributed by atoms with Gasteiger partial charge in [0.1, 0.15) is 0 Å².